The molecule has 0 N–H and O–H groups in total. The molecule has 1 saturated carbocycles. The maximum atomic E-state index is 11.7. The molecule has 1 rings (SSSR count). The van der Waals surface area contributed by atoms with Gasteiger partial charge >= 0.3 is 5.97 Å². The zero-order valence-corrected chi connectivity index (χ0v) is 10.5. The van der Waals surface area contributed by atoms with Gasteiger partial charge in [0.25, 0.3) is 0 Å². The molecule has 0 aromatic carbocycles. The molecule has 1 aliphatic carbocycles. The molecule has 3 heteroatoms. The Hall–Kier alpha value is -0.570. The molecule has 1 aliphatic rings. The van der Waals surface area contributed by atoms with Gasteiger partial charge in [0.05, 0.1) is 12.5 Å². The van der Waals surface area contributed by atoms with E-state index in [-0.39, 0.29) is 11.9 Å². The Balaban J connectivity index is 2.13. The van der Waals surface area contributed by atoms with Crippen molar-refractivity contribution in [3.63, 3.8) is 0 Å². The molecule has 0 aliphatic heterocycles. The largest absolute Gasteiger partial charge is 0.465 e. The summed E-state index contributed by atoms with van der Waals surface area (Å²) in [5.74, 6) is 0.583. The molecule has 1 unspecified atom stereocenters. The summed E-state index contributed by atoms with van der Waals surface area (Å²) >= 11 is 0. The normalized spacial score (nSPS) is 19.4. The van der Waals surface area contributed by atoms with Gasteiger partial charge in [-0.05, 0) is 25.2 Å². The minimum absolute atomic E-state index is 0.0176. The Kier molecular flexibility index (Phi) is 6.46. The van der Waals surface area contributed by atoms with Gasteiger partial charge in [0.1, 0.15) is 0 Å². The van der Waals surface area contributed by atoms with Crippen LogP contribution in [0.4, 0.5) is 0 Å². The quantitative estimate of drug-likeness (QED) is 0.656. The predicted octanol–water partition coefficient (Wildman–Crippen LogP) is 2.78. The first-order valence-electron chi connectivity index (χ1n) is 6.39. The molecular formula is C13H24O3. The Morgan fingerprint density at radius 3 is 2.62 bits per heavy atom. The van der Waals surface area contributed by atoms with Gasteiger partial charge in [-0.25, -0.2) is 0 Å². The van der Waals surface area contributed by atoms with Crippen molar-refractivity contribution in [3.8, 4) is 0 Å². The van der Waals surface area contributed by atoms with Crippen LogP contribution in [-0.2, 0) is 14.3 Å². The number of esters is 1. The second kappa shape index (κ2) is 7.66. The maximum absolute atomic E-state index is 11.7. The minimum Gasteiger partial charge on any atom is -0.465 e. The van der Waals surface area contributed by atoms with Crippen molar-refractivity contribution in [2.24, 2.45) is 11.8 Å². The summed E-state index contributed by atoms with van der Waals surface area (Å²) in [6.07, 6.45) is 6.62. The van der Waals surface area contributed by atoms with Crippen molar-refractivity contribution in [3.05, 3.63) is 0 Å². The molecule has 0 heterocycles. The number of carbonyl (C=O) groups excluding carboxylic acids is 1. The van der Waals surface area contributed by atoms with Gasteiger partial charge in [-0.3, -0.25) is 4.79 Å². The molecule has 0 amide bonds. The fourth-order valence-electron chi connectivity index (χ4n) is 2.08. The Morgan fingerprint density at radius 2 is 2.00 bits per heavy atom. The lowest BCUT2D eigenvalue weighted by Gasteiger charge is -2.21. The summed E-state index contributed by atoms with van der Waals surface area (Å²) in [4.78, 5) is 11.7. The van der Waals surface area contributed by atoms with E-state index in [4.69, 9.17) is 9.47 Å². The van der Waals surface area contributed by atoms with Crippen LogP contribution in [0, 0.1) is 11.8 Å². The minimum atomic E-state index is 0.0176. The highest BCUT2D eigenvalue weighted by molar-refractivity contribution is 5.72. The first kappa shape index (κ1) is 13.5. The molecule has 0 aromatic heterocycles. The highest BCUT2D eigenvalue weighted by Crippen LogP contribution is 2.24. The summed E-state index contributed by atoms with van der Waals surface area (Å²) in [5.41, 5.74) is 0. The molecule has 3 nitrogen and oxygen atoms in total. The first-order chi connectivity index (χ1) is 7.74. The molecule has 94 valence electrons. The molecule has 1 fully saturated rings. The third kappa shape index (κ3) is 4.97. The van der Waals surface area contributed by atoms with E-state index in [1.165, 1.54) is 19.3 Å². The smallest absolute Gasteiger partial charge is 0.308 e. The third-order valence-corrected chi connectivity index (χ3v) is 3.26. The lowest BCUT2D eigenvalue weighted by atomic mass is 9.89. The average molecular weight is 228 g/mol. The first-order valence-corrected chi connectivity index (χ1v) is 6.39. The van der Waals surface area contributed by atoms with Crippen LogP contribution in [0.2, 0.25) is 0 Å². The average Bonchev–Trinajstić information content (AvgIpc) is 2.34. The lowest BCUT2D eigenvalue weighted by Crippen LogP contribution is -2.22. The van der Waals surface area contributed by atoms with Gasteiger partial charge in [0.2, 0.25) is 0 Å². The van der Waals surface area contributed by atoms with Gasteiger partial charge in [-0.2, -0.15) is 0 Å². The molecular weight excluding hydrogens is 204 g/mol. The number of rotatable bonds is 6. The molecule has 0 spiro atoms. The summed E-state index contributed by atoms with van der Waals surface area (Å²) in [5, 5.41) is 0. The fourth-order valence-corrected chi connectivity index (χ4v) is 2.08. The van der Waals surface area contributed by atoms with E-state index in [2.05, 4.69) is 6.92 Å². The van der Waals surface area contributed by atoms with Gasteiger partial charge < -0.3 is 9.47 Å². The van der Waals surface area contributed by atoms with Gasteiger partial charge in [-0.1, -0.05) is 26.2 Å². The summed E-state index contributed by atoms with van der Waals surface area (Å²) in [7, 11) is 1.70. The van der Waals surface area contributed by atoms with Gasteiger partial charge in [0.15, 0.2) is 0 Å². The number of methoxy groups -OCH3 is 1. The highest BCUT2D eigenvalue weighted by Gasteiger charge is 2.22. The Labute approximate surface area is 98.5 Å². The van der Waals surface area contributed by atoms with Crippen molar-refractivity contribution >= 4 is 5.97 Å². The highest BCUT2D eigenvalue weighted by atomic mass is 16.5. The van der Waals surface area contributed by atoms with E-state index in [0.717, 1.165) is 25.9 Å². The second-order valence-corrected chi connectivity index (χ2v) is 4.85. The van der Waals surface area contributed by atoms with Gasteiger partial charge in [-0.15, -0.1) is 0 Å². The molecule has 0 bridgehead atoms. The lowest BCUT2D eigenvalue weighted by molar-refractivity contribution is -0.151. The summed E-state index contributed by atoms with van der Waals surface area (Å²) < 4.78 is 10.3. The van der Waals surface area contributed by atoms with Crippen molar-refractivity contribution in [2.75, 3.05) is 20.3 Å². The zero-order chi connectivity index (χ0) is 11.8. The van der Waals surface area contributed by atoms with Crippen LogP contribution in [0.1, 0.15) is 45.4 Å². The van der Waals surface area contributed by atoms with E-state index in [0.29, 0.717) is 12.5 Å². The van der Waals surface area contributed by atoms with Crippen LogP contribution in [0.5, 0.6) is 0 Å². The number of hydrogen-bond donors (Lipinski definition) is 0. The van der Waals surface area contributed by atoms with Crippen LogP contribution < -0.4 is 0 Å². The predicted molar refractivity (Wildman–Crippen MR) is 63.2 cm³/mol. The van der Waals surface area contributed by atoms with E-state index in [9.17, 15) is 4.79 Å². The van der Waals surface area contributed by atoms with Crippen LogP contribution >= 0.6 is 0 Å². The molecule has 16 heavy (non-hydrogen) atoms. The summed E-state index contributed by atoms with van der Waals surface area (Å²) in [6, 6.07) is 0. The maximum Gasteiger partial charge on any atom is 0.308 e. The third-order valence-electron chi connectivity index (χ3n) is 3.26. The van der Waals surface area contributed by atoms with Crippen molar-refractivity contribution in [1.29, 1.82) is 0 Å². The molecule has 0 radical (unpaired) electrons. The zero-order valence-electron chi connectivity index (χ0n) is 10.5. The van der Waals surface area contributed by atoms with Crippen LogP contribution in [-0.4, -0.2) is 26.3 Å². The number of ether oxygens (including phenoxy) is 2. The van der Waals surface area contributed by atoms with Crippen LogP contribution in [0.15, 0.2) is 0 Å². The Bertz CT molecular complexity index is 197. The Morgan fingerprint density at radius 1 is 1.31 bits per heavy atom. The SMILES string of the molecule is COCCC(C)COC(=O)C1CCCCC1. The number of carbonyl (C=O) groups is 1. The monoisotopic (exact) mass is 228 g/mol. The number of hydrogen-bond acceptors (Lipinski definition) is 3. The molecule has 0 saturated heterocycles. The standard InChI is InChI=1S/C13H24O3/c1-11(8-9-15-2)10-16-13(14)12-6-4-3-5-7-12/h11-12H,3-10H2,1-2H3. The van der Waals surface area contributed by atoms with E-state index < -0.39 is 0 Å². The van der Waals surface area contributed by atoms with Crippen molar-refractivity contribution < 1.29 is 14.3 Å². The fraction of sp³-hybridized carbons (Fsp3) is 0.923. The van der Waals surface area contributed by atoms with Gasteiger partial charge in [0, 0.05) is 13.7 Å². The van der Waals surface area contributed by atoms with E-state index in [1.54, 1.807) is 7.11 Å². The van der Waals surface area contributed by atoms with E-state index in [1.807, 2.05) is 0 Å². The van der Waals surface area contributed by atoms with Crippen molar-refractivity contribution in [2.45, 2.75) is 45.4 Å². The van der Waals surface area contributed by atoms with Crippen molar-refractivity contribution in [1.82, 2.24) is 0 Å². The second-order valence-electron chi connectivity index (χ2n) is 4.85. The summed E-state index contributed by atoms with van der Waals surface area (Å²) in [6.45, 7) is 3.37. The van der Waals surface area contributed by atoms with E-state index >= 15 is 0 Å². The molecule has 1 atom stereocenters. The van der Waals surface area contributed by atoms with Crippen LogP contribution in [0.25, 0.3) is 0 Å². The topological polar surface area (TPSA) is 35.5 Å². The molecule has 0 aromatic rings. The van der Waals surface area contributed by atoms with Crippen LogP contribution in [0.3, 0.4) is 0 Å².